The highest BCUT2D eigenvalue weighted by Crippen LogP contribution is 2.20. The van der Waals surface area contributed by atoms with Gasteiger partial charge in [-0.05, 0) is 43.3 Å². The van der Waals surface area contributed by atoms with Crippen molar-refractivity contribution < 1.29 is 19.7 Å². The van der Waals surface area contributed by atoms with Crippen LogP contribution >= 0.6 is 0 Å². The van der Waals surface area contributed by atoms with Crippen LogP contribution in [0.5, 0.6) is 17.4 Å². The number of phenols is 1. The van der Waals surface area contributed by atoms with E-state index in [0.717, 1.165) is 4.57 Å². The lowest BCUT2D eigenvalue weighted by molar-refractivity contribution is 0.0952. The molecule has 1 heterocycles. The van der Waals surface area contributed by atoms with E-state index in [-0.39, 0.29) is 28.3 Å². The highest BCUT2D eigenvalue weighted by Gasteiger charge is 2.19. The zero-order valence-corrected chi connectivity index (χ0v) is 16.0. The summed E-state index contributed by atoms with van der Waals surface area (Å²) in [6.07, 6.45) is 0. The van der Waals surface area contributed by atoms with Gasteiger partial charge in [0.25, 0.3) is 11.5 Å². The van der Waals surface area contributed by atoms with Gasteiger partial charge < -0.3 is 14.9 Å². The minimum atomic E-state index is -0.875. The number of carbonyl (C=O) groups is 1. The second kappa shape index (κ2) is 8.35. The molecule has 10 nitrogen and oxygen atoms in total. The van der Waals surface area contributed by atoms with Crippen molar-refractivity contribution in [3.63, 3.8) is 0 Å². The molecule has 3 rings (SSSR count). The monoisotopic (exact) mass is 410 g/mol. The summed E-state index contributed by atoms with van der Waals surface area (Å²) < 4.78 is 5.95. The molecule has 10 heteroatoms. The van der Waals surface area contributed by atoms with E-state index in [0.29, 0.717) is 5.75 Å². The van der Waals surface area contributed by atoms with Gasteiger partial charge in [0.1, 0.15) is 17.1 Å². The molecule has 0 aliphatic rings. The van der Waals surface area contributed by atoms with Gasteiger partial charge in [-0.3, -0.25) is 14.6 Å². The van der Waals surface area contributed by atoms with Gasteiger partial charge in [0.05, 0.1) is 24.1 Å². The SMILES string of the molecule is COc1ccc(-n2c(O)c(C(C)=NNC(=O)c3ccccc3O)c(=O)[nH]c2=O)cc1. The molecule has 154 valence electrons. The Hall–Kier alpha value is -4.34. The zero-order valence-electron chi connectivity index (χ0n) is 16.0. The molecule has 0 unspecified atom stereocenters. The van der Waals surface area contributed by atoms with Gasteiger partial charge in [-0.2, -0.15) is 5.10 Å². The maximum Gasteiger partial charge on any atom is 0.335 e. The van der Waals surface area contributed by atoms with Crippen molar-refractivity contribution in [2.24, 2.45) is 5.10 Å². The van der Waals surface area contributed by atoms with Gasteiger partial charge in [0.15, 0.2) is 0 Å². The van der Waals surface area contributed by atoms with Crippen LogP contribution in [-0.4, -0.2) is 38.5 Å². The zero-order chi connectivity index (χ0) is 21.8. The number of phenolic OH excluding ortho intramolecular Hbond substituents is 1. The molecule has 1 amide bonds. The number of nitrogens with zero attached hydrogens (tertiary/aromatic N) is 2. The minimum absolute atomic E-state index is 0.0182. The van der Waals surface area contributed by atoms with Crippen molar-refractivity contribution in [1.82, 2.24) is 15.0 Å². The summed E-state index contributed by atoms with van der Waals surface area (Å²) in [6, 6.07) is 12.1. The van der Waals surface area contributed by atoms with E-state index in [4.69, 9.17) is 4.74 Å². The van der Waals surface area contributed by atoms with E-state index < -0.39 is 23.0 Å². The molecule has 0 bridgehead atoms. The van der Waals surface area contributed by atoms with Crippen molar-refractivity contribution in [2.45, 2.75) is 6.92 Å². The Morgan fingerprint density at radius 2 is 1.77 bits per heavy atom. The number of hydrazone groups is 1. The molecule has 1 aromatic heterocycles. The second-order valence-electron chi connectivity index (χ2n) is 6.15. The number of benzene rings is 2. The molecule has 0 atom stereocenters. The van der Waals surface area contributed by atoms with Gasteiger partial charge >= 0.3 is 5.69 Å². The number of methoxy groups -OCH3 is 1. The maximum atomic E-state index is 12.3. The number of amides is 1. The fraction of sp³-hybridized carbons (Fsp3) is 0.100. The normalized spacial score (nSPS) is 11.2. The Kier molecular flexibility index (Phi) is 5.68. The van der Waals surface area contributed by atoms with Crippen LogP contribution < -0.4 is 21.4 Å². The standard InChI is InChI=1S/C20H18N4O6/c1-11(22-23-17(26)14-5-3-4-6-15(14)25)16-18(27)21-20(29)24(19(16)28)12-7-9-13(30-2)10-8-12/h3-10,25,28H,1-2H3,(H,23,26)(H,21,27,29). The Balaban J connectivity index is 2.00. The van der Waals surface area contributed by atoms with E-state index >= 15 is 0 Å². The van der Waals surface area contributed by atoms with E-state index in [1.165, 1.54) is 38.3 Å². The summed E-state index contributed by atoms with van der Waals surface area (Å²) >= 11 is 0. The van der Waals surface area contributed by atoms with Crippen LogP contribution in [-0.2, 0) is 0 Å². The van der Waals surface area contributed by atoms with Crippen LogP contribution in [0.4, 0.5) is 0 Å². The predicted octanol–water partition coefficient (Wildman–Crippen LogP) is 1.10. The molecule has 30 heavy (non-hydrogen) atoms. The Bertz CT molecular complexity index is 1240. The fourth-order valence-corrected chi connectivity index (χ4v) is 2.74. The Labute approximate surface area is 169 Å². The summed E-state index contributed by atoms with van der Waals surface area (Å²) in [7, 11) is 1.49. The molecule has 4 N–H and O–H groups in total. The lowest BCUT2D eigenvalue weighted by Gasteiger charge is -2.12. The van der Waals surface area contributed by atoms with E-state index in [1.54, 1.807) is 24.3 Å². The average molecular weight is 410 g/mol. The molecule has 0 fully saturated rings. The lowest BCUT2D eigenvalue weighted by Crippen LogP contribution is -2.33. The quantitative estimate of drug-likeness (QED) is 0.366. The summed E-state index contributed by atoms with van der Waals surface area (Å²) in [4.78, 5) is 38.8. The van der Waals surface area contributed by atoms with Crippen LogP contribution in [0.1, 0.15) is 22.8 Å². The first kappa shape index (κ1) is 20.4. The molecule has 3 aromatic rings. The number of aromatic nitrogens is 2. The molecule has 0 spiro atoms. The van der Waals surface area contributed by atoms with Crippen LogP contribution in [0.15, 0.2) is 63.2 Å². The topological polar surface area (TPSA) is 146 Å². The molecule has 0 saturated carbocycles. The summed E-state index contributed by atoms with van der Waals surface area (Å²) in [5, 5.41) is 24.2. The molecule has 0 saturated heterocycles. The molecule has 2 aromatic carbocycles. The number of carbonyl (C=O) groups excluding carboxylic acids is 1. The largest absolute Gasteiger partial charge is 0.507 e. The van der Waals surface area contributed by atoms with Crippen molar-refractivity contribution in [3.05, 3.63) is 80.5 Å². The number of H-pyrrole nitrogens is 1. The van der Waals surface area contributed by atoms with E-state index in [1.807, 2.05) is 0 Å². The number of aromatic hydroxyl groups is 2. The molecule has 0 aliphatic heterocycles. The van der Waals surface area contributed by atoms with Crippen molar-refractivity contribution in [1.29, 1.82) is 0 Å². The van der Waals surface area contributed by atoms with E-state index in [9.17, 15) is 24.6 Å². The Morgan fingerprint density at radius 1 is 1.10 bits per heavy atom. The highest BCUT2D eigenvalue weighted by atomic mass is 16.5. The summed E-state index contributed by atoms with van der Waals surface area (Å²) in [5.41, 5.74) is 0.381. The third-order valence-electron chi connectivity index (χ3n) is 4.25. The molecular formula is C20H18N4O6. The number of rotatable bonds is 5. The van der Waals surface area contributed by atoms with Gasteiger partial charge in [0, 0.05) is 0 Å². The summed E-state index contributed by atoms with van der Waals surface area (Å²) in [5.74, 6) is -1.06. The van der Waals surface area contributed by atoms with Gasteiger partial charge in [-0.25, -0.2) is 14.8 Å². The Morgan fingerprint density at radius 3 is 2.40 bits per heavy atom. The fourth-order valence-electron chi connectivity index (χ4n) is 2.74. The van der Waals surface area contributed by atoms with E-state index in [2.05, 4.69) is 15.5 Å². The van der Waals surface area contributed by atoms with Gasteiger partial charge in [-0.15, -0.1) is 0 Å². The molecular weight excluding hydrogens is 392 g/mol. The van der Waals surface area contributed by atoms with Crippen LogP contribution in [0.3, 0.4) is 0 Å². The van der Waals surface area contributed by atoms with Crippen molar-refractivity contribution >= 4 is 11.6 Å². The molecule has 0 aliphatic carbocycles. The van der Waals surface area contributed by atoms with Crippen LogP contribution in [0, 0.1) is 0 Å². The summed E-state index contributed by atoms with van der Waals surface area (Å²) in [6.45, 7) is 1.37. The molecule has 0 radical (unpaired) electrons. The average Bonchev–Trinajstić information content (AvgIpc) is 2.72. The van der Waals surface area contributed by atoms with Crippen LogP contribution in [0.2, 0.25) is 0 Å². The van der Waals surface area contributed by atoms with Crippen LogP contribution in [0.25, 0.3) is 5.69 Å². The smallest absolute Gasteiger partial charge is 0.335 e. The third kappa shape index (κ3) is 3.92. The first-order chi connectivity index (χ1) is 14.3. The lowest BCUT2D eigenvalue weighted by atomic mass is 10.2. The predicted molar refractivity (Wildman–Crippen MR) is 109 cm³/mol. The van der Waals surface area contributed by atoms with Crippen molar-refractivity contribution in [2.75, 3.05) is 7.11 Å². The number of hydrogen-bond donors (Lipinski definition) is 4. The first-order valence-corrected chi connectivity index (χ1v) is 8.69. The van der Waals surface area contributed by atoms with Crippen molar-refractivity contribution in [3.8, 4) is 23.1 Å². The van der Waals surface area contributed by atoms with Gasteiger partial charge in [-0.1, -0.05) is 12.1 Å². The number of para-hydroxylation sites is 1. The third-order valence-corrected chi connectivity index (χ3v) is 4.25. The number of nitrogens with one attached hydrogen (secondary N) is 2. The highest BCUT2D eigenvalue weighted by molar-refractivity contribution is 6.02. The minimum Gasteiger partial charge on any atom is -0.507 e. The number of aromatic amines is 1. The number of hydrogen-bond acceptors (Lipinski definition) is 7. The number of ether oxygens (including phenoxy) is 1. The maximum absolute atomic E-state index is 12.3. The first-order valence-electron chi connectivity index (χ1n) is 8.69. The second-order valence-corrected chi connectivity index (χ2v) is 6.15. The van der Waals surface area contributed by atoms with Gasteiger partial charge in [0.2, 0.25) is 5.88 Å².